The number of nitro benzene ring substituents is 1. The number of methoxy groups -OCH3 is 1. The Kier molecular flexibility index (Phi) is 5.46. The number of ether oxygens (including phenoxy) is 2. The number of nitrogens with zero attached hydrogens (tertiary/aromatic N) is 1. The molecule has 0 aliphatic heterocycles. The average molecular weight is 313 g/mol. The highest BCUT2D eigenvalue weighted by Gasteiger charge is 2.05. The number of hydrogen-bond acceptors (Lipinski definition) is 5. The Morgan fingerprint density at radius 2 is 1.78 bits per heavy atom. The number of carbonyl (C=O) groups excluding carboxylic acids is 1. The molecule has 0 saturated heterocycles. The number of hydrogen-bond donors (Lipinski definition) is 0. The maximum atomic E-state index is 11.6. The van der Waals surface area contributed by atoms with E-state index in [9.17, 15) is 14.9 Å². The molecule has 2 aromatic carbocycles. The molecule has 0 amide bonds. The number of rotatable bonds is 6. The molecule has 6 nitrogen and oxygen atoms in total. The predicted molar refractivity (Wildman–Crippen MR) is 84.9 cm³/mol. The summed E-state index contributed by atoms with van der Waals surface area (Å²) in [5.41, 5.74) is 1.53. The topological polar surface area (TPSA) is 78.7 Å². The van der Waals surface area contributed by atoms with Crippen LogP contribution in [0.2, 0.25) is 0 Å². The molecule has 0 aliphatic rings. The summed E-state index contributed by atoms with van der Waals surface area (Å²) in [6, 6.07) is 13.1. The molecule has 6 heteroatoms. The van der Waals surface area contributed by atoms with Crippen molar-refractivity contribution in [1.29, 1.82) is 0 Å². The third-order valence-electron chi connectivity index (χ3n) is 3.06. The predicted octanol–water partition coefficient (Wildman–Crippen LogP) is 3.36. The van der Waals surface area contributed by atoms with Crippen LogP contribution in [-0.2, 0) is 16.1 Å². The molecule has 0 aliphatic carbocycles. The molecule has 23 heavy (non-hydrogen) atoms. The van der Waals surface area contributed by atoms with Crippen molar-refractivity contribution >= 4 is 17.7 Å². The summed E-state index contributed by atoms with van der Waals surface area (Å²) in [7, 11) is 1.58. The van der Waals surface area contributed by atoms with Crippen molar-refractivity contribution in [3.63, 3.8) is 0 Å². The second-order valence-electron chi connectivity index (χ2n) is 4.64. The standard InChI is InChI=1S/C17H15NO5/c1-22-16-9-4-13(5-10-16)6-11-17(19)23-12-14-2-7-15(8-3-14)18(20)21/h2-11H,12H2,1H3. The van der Waals surface area contributed by atoms with Gasteiger partial charge in [-0.15, -0.1) is 0 Å². The quantitative estimate of drug-likeness (QED) is 0.353. The van der Waals surface area contributed by atoms with E-state index in [0.717, 1.165) is 11.3 Å². The van der Waals surface area contributed by atoms with Crippen molar-refractivity contribution in [3.8, 4) is 5.75 Å². The van der Waals surface area contributed by atoms with Gasteiger partial charge in [0.1, 0.15) is 12.4 Å². The molecule has 0 N–H and O–H groups in total. The Bertz CT molecular complexity index is 705. The maximum Gasteiger partial charge on any atom is 0.331 e. The van der Waals surface area contributed by atoms with Gasteiger partial charge in [0.15, 0.2) is 0 Å². The highest BCUT2D eigenvalue weighted by Crippen LogP contribution is 2.14. The van der Waals surface area contributed by atoms with Crippen molar-refractivity contribution in [2.24, 2.45) is 0 Å². The summed E-state index contributed by atoms with van der Waals surface area (Å²) in [5, 5.41) is 10.5. The van der Waals surface area contributed by atoms with E-state index in [2.05, 4.69) is 0 Å². The molecule has 0 bridgehead atoms. The van der Waals surface area contributed by atoms with Crippen LogP contribution in [0.5, 0.6) is 5.75 Å². The number of benzene rings is 2. The van der Waals surface area contributed by atoms with Crippen LogP contribution in [0.25, 0.3) is 6.08 Å². The van der Waals surface area contributed by atoms with Gasteiger partial charge in [-0.25, -0.2) is 4.79 Å². The van der Waals surface area contributed by atoms with Crippen LogP contribution < -0.4 is 4.74 Å². The third-order valence-corrected chi connectivity index (χ3v) is 3.06. The number of nitro groups is 1. The van der Waals surface area contributed by atoms with E-state index < -0.39 is 10.9 Å². The largest absolute Gasteiger partial charge is 0.497 e. The monoisotopic (exact) mass is 313 g/mol. The summed E-state index contributed by atoms with van der Waals surface area (Å²) < 4.78 is 10.1. The van der Waals surface area contributed by atoms with Gasteiger partial charge in [-0.1, -0.05) is 12.1 Å². The van der Waals surface area contributed by atoms with Crippen LogP contribution in [0.15, 0.2) is 54.6 Å². The van der Waals surface area contributed by atoms with E-state index in [1.165, 1.54) is 18.2 Å². The molecule has 2 aromatic rings. The highest BCUT2D eigenvalue weighted by atomic mass is 16.6. The Morgan fingerprint density at radius 1 is 1.13 bits per heavy atom. The molecule has 118 valence electrons. The van der Waals surface area contributed by atoms with E-state index in [4.69, 9.17) is 9.47 Å². The van der Waals surface area contributed by atoms with E-state index in [1.807, 2.05) is 12.1 Å². The molecular formula is C17H15NO5. The molecule has 2 rings (SSSR count). The van der Waals surface area contributed by atoms with Crippen LogP contribution in [0.1, 0.15) is 11.1 Å². The van der Waals surface area contributed by atoms with Crippen LogP contribution in [0.3, 0.4) is 0 Å². The second-order valence-corrected chi connectivity index (χ2v) is 4.64. The van der Waals surface area contributed by atoms with Crippen LogP contribution in [-0.4, -0.2) is 18.0 Å². The molecular weight excluding hydrogens is 298 g/mol. The summed E-state index contributed by atoms with van der Waals surface area (Å²) in [4.78, 5) is 21.7. The Balaban J connectivity index is 1.86. The van der Waals surface area contributed by atoms with E-state index >= 15 is 0 Å². The zero-order valence-corrected chi connectivity index (χ0v) is 12.5. The van der Waals surface area contributed by atoms with Gasteiger partial charge >= 0.3 is 5.97 Å². The van der Waals surface area contributed by atoms with Gasteiger partial charge in [0.05, 0.1) is 12.0 Å². The van der Waals surface area contributed by atoms with Gasteiger partial charge in [0.2, 0.25) is 0 Å². The maximum absolute atomic E-state index is 11.6. The van der Waals surface area contributed by atoms with Gasteiger partial charge < -0.3 is 9.47 Å². The van der Waals surface area contributed by atoms with Crippen LogP contribution in [0.4, 0.5) is 5.69 Å². The van der Waals surface area contributed by atoms with Crippen molar-refractivity contribution in [2.75, 3.05) is 7.11 Å². The summed E-state index contributed by atoms with van der Waals surface area (Å²) in [6.07, 6.45) is 2.96. The van der Waals surface area contributed by atoms with Crippen molar-refractivity contribution in [3.05, 3.63) is 75.8 Å². The molecule has 0 saturated carbocycles. The van der Waals surface area contributed by atoms with Gasteiger partial charge in [-0.3, -0.25) is 10.1 Å². The van der Waals surface area contributed by atoms with Crippen LogP contribution >= 0.6 is 0 Å². The van der Waals surface area contributed by atoms with Crippen LogP contribution in [0, 0.1) is 10.1 Å². The van der Waals surface area contributed by atoms with E-state index in [-0.39, 0.29) is 12.3 Å². The summed E-state index contributed by atoms with van der Waals surface area (Å²) in [5.74, 6) is 0.252. The molecule has 0 radical (unpaired) electrons. The van der Waals surface area contributed by atoms with Gasteiger partial charge in [-0.05, 0) is 41.5 Å². The lowest BCUT2D eigenvalue weighted by Crippen LogP contribution is -2.00. The fourth-order valence-electron chi connectivity index (χ4n) is 1.80. The molecule has 0 aromatic heterocycles. The first-order chi connectivity index (χ1) is 11.1. The number of esters is 1. The number of carbonyl (C=O) groups is 1. The fraction of sp³-hybridized carbons (Fsp3) is 0.118. The molecule has 0 spiro atoms. The zero-order valence-electron chi connectivity index (χ0n) is 12.5. The minimum Gasteiger partial charge on any atom is -0.497 e. The average Bonchev–Trinajstić information content (AvgIpc) is 2.59. The zero-order chi connectivity index (χ0) is 16.7. The van der Waals surface area contributed by atoms with E-state index in [1.54, 1.807) is 37.5 Å². The third kappa shape index (κ3) is 4.96. The molecule has 0 fully saturated rings. The summed E-state index contributed by atoms with van der Waals surface area (Å²) >= 11 is 0. The Hall–Kier alpha value is -3.15. The highest BCUT2D eigenvalue weighted by molar-refractivity contribution is 5.87. The Morgan fingerprint density at radius 3 is 2.35 bits per heavy atom. The molecule has 0 heterocycles. The van der Waals surface area contributed by atoms with E-state index in [0.29, 0.717) is 5.56 Å². The fourth-order valence-corrected chi connectivity index (χ4v) is 1.80. The van der Waals surface area contributed by atoms with Gasteiger partial charge in [0.25, 0.3) is 5.69 Å². The van der Waals surface area contributed by atoms with Crippen molar-refractivity contribution < 1.29 is 19.2 Å². The smallest absolute Gasteiger partial charge is 0.331 e. The lowest BCUT2D eigenvalue weighted by molar-refractivity contribution is -0.384. The summed E-state index contributed by atoms with van der Waals surface area (Å²) in [6.45, 7) is 0.0593. The Labute approximate surface area is 133 Å². The lowest BCUT2D eigenvalue weighted by atomic mass is 10.2. The SMILES string of the molecule is COc1ccc(C=CC(=O)OCc2ccc([N+](=O)[O-])cc2)cc1. The minimum atomic E-state index is -0.487. The van der Waals surface area contributed by atoms with Gasteiger partial charge in [0, 0.05) is 18.2 Å². The first-order valence-corrected chi connectivity index (χ1v) is 6.81. The first-order valence-electron chi connectivity index (χ1n) is 6.81. The second kappa shape index (κ2) is 7.74. The van der Waals surface area contributed by atoms with Crippen molar-refractivity contribution in [2.45, 2.75) is 6.61 Å². The first kappa shape index (κ1) is 16.2. The molecule has 0 atom stereocenters. The van der Waals surface area contributed by atoms with Crippen molar-refractivity contribution in [1.82, 2.24) is 0 Å². The number of non-ortho nitro benzene ring substituents is 1. The lowest BCUT2D eigenvalue weighted by Gasteiger charge is -2.02. The normalized spacial score (nSPS) is 10.5. The minimum absolute atomic E-state index is 0.000483. The molecule has 0 unspecified atom stereocenters. The van der Waals surface area contributed by atoms with Gasteiger partial charge in [-0.2, -0.15) is 0 Å².